The van der Waals surface area contributed by atoms with E-state index in [9.17, 15) is 4.79 Å². The number of rotatable bonds is 5. The van der Waals surface area contributed by atoms with Gasteiger partial charge in [-0.3, -0.25) is 4.79 Å². The van der Waals surface area contributed by atoms with Crippen molar-refractivity contribution < 1.29 is 9.90 Å². The quantitative estimate of drug-likeness (QED) is 0.818. The van der Waals surface area contributed by atoms with Crippen LogP contribution in [0.25, 0.3) is 0 Å². The largest absolute Gasteiger partial charge is 0.481 e. The highest BCUT2D eigenvalue weighted by Crippen LogP contribution is 2.14. The van der Waals surface area contributed by atoms with Crippen LogP contribution in [0.15, 0.2) is 12.1 Å². The molecule has 88 valence electrons. The van der Waals surface area contributed by atoms with Crippen LogP contribution < -0.4 is 4.90 Å². The van der Waals surface area contributed by atoms with Crippen molar-refractivity contribution in [3.63, 3.8) is 0 Å². The zero-order valence-corrected chi connectivity index (χ0v) is 9.84. The molecule has 5 heteroatoms. The molecule has 1 N–H and O–H groups in total. The minimum Gasteiger partial charge on any atom is -0.481 e. The fourth-order valence-electron chi connectivity index (χ4n) is 1.61. The first-order valence-corrected chi connectivity index (χ1v) is 5.33. The number of anilines is 1. The molecule has 0 aliphatic heterocycles. The average molecular weight is 223 g/mol. The molecule has 0 aromatic carbocycles. The van der Waals surface area contributed by atoms with Crippen LogP contribution in [0.2, 0.25) is 0 Å². The highest BCUT2D eigenvalue weighted by molar-refractivity contribution is 5.68. The topological polar surface area (TPSA) is 66.3 Å². The maximum atomic E-state index is 10.7. The van der Waals surface area contributed by atoms with Gasteiger partial charge in [-0.05, 0) is 32.9 Å². The van der Waals surface area contributed by atoms with Crippen molar-refractivity contribution in [2.45, 2.75) is 33.2 Å². The van der Waals surface area contributed by atoms with Crippen LogP contribution in [0.3, 0.4) is 0 Å². The predicted octanol–water partition coefficient (Wildman–Crippen LogP) is 1.47. The van der Waals surface area contributed by atoms with Gasteiger partial charge in [0.05, 0.1) is 12.1 Å². The van der Waals surface area contributed by atoms with Crippen molar-refractivity contribution in [1.82, 2.24) is 10.2 Å². The molecule has 1 atom stereocenters. The summed E-state index contributed by atoms with van der Waals surface area (Å²) in [6, 6.07) is 3.65. The summed E-state index contributed by atoms with van der Waals surface area (Å²) < 4.78 is 0. The van der Waals surface area contributed by atoms with Crippen LogP contribution in [0.4, 0.5) is 5.82 Å². The van der Waals surface area contributed by atoms with Gasteiger partial charge in [0.2, 0.25) is 0 Å². The van der Waals surface area contributed by atoms with Crippen molar-refractivity contribution in [2.75, 3.05) is 11.4 Å². The van der Waals surface area contributed by atoms with Gasteiger partial charge in [-0.2, -0.15) is 5.10 Å². The third kappa shape index (κ3) is 3.18. The van der Waals surface area contributed by atoms with Gasteiger partial charge in [0.1, 0.15) is 0 Å². The fourth-order valence-corrected chi connectivity index (χ4v) is 1.61. The molecule has 0 saturated carbocycles. The van der Waals surface area contributed by atoms with E-state index in [1.54, 1.807) is 0 Å². The molecule has 0 saturated heterocycles. The minimum absolute atomic E-state index is 0.0838. The molecule has 16 heavy (non-hydrogen) atoms. The standard InChI is InChI=1S/C11H17N3O2/c1-4-14(9(3)7-11(15)16)10-6-5-8(2)12-13-10/h5-6,9H,4,7H2,1-3H3,(H,15,16). The Kier molecular flexibility index (Phi) is 4.22. The van der Waals surface area contributed by atoms with E-state index < -0.39 is 5.97 Å². The lowest BCUT2D eigenvalue weighted by Gasteiger charge is -2.27. The van der Waals surface area contributed by atoms with Crippen LogP contribution in [0, 0.1) is 6.92 Å². The summed E-state index contributed by atoms with van der Waals surface area (Å²) in [7, 11) is 0. The first-order valence-electron chi connectivity index (χ1n) is 5.33. The summed E-state index contributed by atoms with van der Waals surface area (Å²) in [5.41, 5.74) is 0.852. The summed E-state index contributed by atoms with van der Waals surface area (Å²) in [4.78, 5) is 12.6. The second kappa shape index (κ2) is 5.44. The van der Waals surface area contributed by atoms with Crippen LogP contribution in [0.5, 0.6) is 0 Å². The molecule has 0 spiro atoms. The Morgan fingerprint density at radius 2 is 2.19 bits per heavy atom. The molecule has 1 aromatic rings. The number of hydrogen-bond donors (Lipinski definition) is 1. The number of aliphatic carboxylic acids is 1. The number of nitrogens with zero attached hydrogens (tertiary/aromatic N) is 3. The molecular weight excluding hydrogens is 206 g/mol. The Labute approximate surface area is 95.1 Å². The Morgan fingerprint density at radius 3 is 2.62 bits per heavy atom. The third-order valence-electron chi connectivity index (χ3n) is 2.42. The maximum absolute atomic E-state index is 10.7. The molecule has 0 radical (unpaired) electrons. The second-order valence-electron chi connectivity index (χ2n) is 3.77. The van der Waals surface area contributed by atoms with Crippen molar-refractivity contribution in [3.8, 4) is 0 Å². The van der Waals surface area contributed by atoms with Crippen molar-refractivity contribution in [1.29, 1.82) is 0 Å². The third-order valence-corrected chi connectivity index (χ3v) is 2.42. The zero-order valence-electron chi connectivity index (χ0n) is 9.84. The van der Waals surface area contributed by atoms with Gasteiger partial charge in [-0.15, -0.1) is 5.10 Å². The summed E-state index contributed by atoms with van der Waals surface area (Å²) >= 11 is 0. The van der Waals surface area contributed by atoms with E-state index in [0.717, 1.165) is 11.5 Å². The molecule has 0 aliphatic rings. The molecule has 0 amide bonds. The Bertz CT molecular complexity index is 351. The van der Waals surface area contributed by atoms with Gasteiger partial charge in [0.15, 0.2) is 5.82 Å². The van der Waals surface area contributed by atoms with E-state index in [4.69, 9.17) is 5.11 Å². The summed E-state index contributed by atoms with van der Waals surface area (Å²) in [6.07, 6.45) is 0.101. The number of carboxylic acids is 1. The average Bonchev–Trinajstić information content (AvgIpc) is 2.21. The first-order chi connectivity index (χ1) is 7.54. The minimum atomic E-state index is -0.800. The summed E-state index contributed by atoms with van der Waals surface area (Å²) in [6.45, 7) is 6.43. The van der Waals surface area contributed by atoms with Crippen LogP contribution in [0.1, 0.15) is 26.0 Å². The lowest BCUT2D eigenvalue weighted by atomic mass is 10.2. The number of hydrogen-bond acceptors (Lipinski definition) is 4. The van der Waals surface area contributed by atoms with Crippen molar-refractivity contribution in [3.05, 3.63) is 17.8 Å². The number of aromatic nitrogens is 2. The number of aryl methyl sites for hydroxylation is 1. The molecule has 1 heterocycles. The second-order valence-corrected chi connectivity index (χ2v) is 3.77. The van der Waals surface area contributed by atoms with E-state index in [1.807, 2.05) is 37.8 Å². The normalized spacial score (nSPS) is 12.2. The lowest BCUT2D eigenvalue weighted by Crippen LogP contribution is -2.35. The molecule has 1 rings (SSSR count). The van der Waals surface area contributed by atoms with Gasteiger partial charge in [0, 0.05) is 12.6 Å². The Morgan fingerprint density at radius 1 is 1.50 bits per heavy atom. The van der Waals surface area contributed by atoms with Gasteiger partial charge >= 0.3 is 5.97 Å². The summed E-state index contributed by atoms with van der Waals surface area (Å²) in [5, 5.41) is 16.8. The maximum Gasteiger partial charge on any atom is 0.305 e. The van der Waals surface area contributed by atoms with E-state index in [1.165, 1.54) is 0 Å². The van der Waals surface area contributed by atoms with Crippen LogP contribution in [-0.2, 0) is 4.79 Å². The molecule has 1 aromatic heterocycles. The van der Waals surface area contributed by atoms with E-state index in [0.29, 0.717) is 6.54 Å². The fraction of sp³-hybridized carbons (Fsp3) is 0.545. The van der Waals surface area contributed by atoms with E-state index in [-0.39, 0.29) is 12.5 Å². The van der Waals surface area contributed by atoms with Gasteiger partial charge in [-0.1, -0.05) is 0 Å². The molecule has 0 bridgehead atoms. The SMILES string of the molecule is CCN(c1ccc(C)nn1)C(C)CC(=O)O. The van der Waals surface area contributed by atoms with Gasteiger partial charge < -0.3 is 10.0 Å². The monoisotopic (exact) mass is 223 g/mol. The number of carboxylic acid groups (broad SMARTS) is 1. The van der Waals surface area contributed by atoms with Gasteiger partial charge in [-0.25, -0.2) is 0 Å². The summed E-state index contributed by atoms with van der Waals surface area (Å²) in [5.74, 6) is -0.0760. The Hall–Kier alpha value is -1.65. The van der Waals surface area contributed by atoms with E-state index in [2.05, 4.69) is 10.2 Å². The van der Waals surface area contributed by atoms with Crippen molar-refractivity contribution in [2.24, 2.45) is 0 Å². The Balaban J connectivity index is 2.81. The highest BCUT2D eigenvalue weighted by atomic mass is 16.4. The van der Waals surface area contributed by atoms with E-state index >= 15 is 0 Å². The molecular formula is C11H17N3O2. The lowest BCUT2D eigenvalue weighted by molar-refractivity contribution is -0.137. The number of carbonyl (C=O) groups is 1. The molecule has 0 aliphatic carbocycles. The first kappa shape index (κ1) is 12.4. The smallest absolute Gasteiger partial charge is 0.305 e. The molecule has 0 fully saturated rings. The molecule has 5 nitrogen and oxygen atoms in total. The highest BCUT2D eigenvalue weighted by Gasteiger charge is 2.17. The van der Waals surface area contributed by atoms with Crippen LogP contribution in [-0.4, -0.2) is 33.9 Å². The van der Waals surface area contributed by atoms with Gasteiger partial charge in [0.25, 0.3) is 0 Å². The zero-order chi connectivity index (χ0) is 12.1. The van der Waals surface area contributed by atoms with Crippen molar-refractivity contribution >= 4 is 11.8 Å². The molecule has 1 unspecified atom stereocenters. The predicted molar refractivity (Wildman–Crippen MR) is 61.5 cm³/mol. The van der Waals surface area contributed by atoms with Crippen LogP contribution >= 0.6 is 0 Å².